The third-order valence-corrected chi connectivity index (χ3v) is 2.54. The van der Waals surface area contributed by atoms with Crippen molar-refractivity contribution in [1.82, 2.24) is 5.32 Å². The van der Waals surface area contributed by atoms with Gasteiger partial charge in [0.1, 0.15) is 0 Å². The van der Waals surface area contributed by atoms with Crippen molar-refractivity contribution in [2.45, 2.75) is 26.2 Å². The van der Waals surface area contributed by atoms with Crippen LogP contribution in [0.25, 0.3) is 0 Å². The molecule has 0 aliphatic carbocycles. The highest BCUT2D eigenvalue weighted by Gasteiger charge is 2.04. The van der Waals surface area contributed by atoms with Crippen molar-refractivity contribution in [3.8, 4) is 0 Å². The van der Waals surface area contributed by atoms with Crippen LogP contribution in [0.4, 0.5) is 5.69 Å². The molecule has 3 N–H and O–H groups in total. The summed E-state index contributed by atoms with van der Waals surface area (Å²) in [5.41, 5.74) is 6.82. The SMILES string of the molecule is CCCCOCCCNC(=O)c1cccc(N)c1. The van der Waals surface area contributed by atoms with Gasteiger partial charge in [-0.25, -0.2) is 0 Å². The van der Waals surface area contributed by atoms with E-state index in [-0.39, 0.29) is 5.91 Å². The topological polar surface area (TPSA) is 64.3 Å². The van der Waals surface area contributed by atoms with Crippen LogP contribution in [0.2, 0.25) is 0 Å². The Morgan fingerprint density at radius 3 is 2.83 bits per heavy atom. The van der Waals surface area contributed by atoms with Crippen molar-refractivity contribution in [2.24, 2.45) is 0 Å². The van der Waals surface area contributed by atoms with Crippen molar-refractivity contribution in [3.05, 3.63) is 29.8 Å². The first-order valence-corrected chi connectivity index (χ1v) is 6.45. The normalized spacial score (nSPS) is 10.3. The molecule has 0 spiro atoms. The Morgan fingerprint density at radius 2 is 2.11 bits per heavy atom. The number of benzene rings is 1. The lowest BCUT2D eigenvalue weighted by Gasteiger charge is -2.06. The molecule has 0 saturated heterocycles. The molecule has 0 aliphatic heterocycles. The van der Waals surface area contributed by atoms with Gasteiger partial charge in [0.05, 0.1) is 0 Å². The van der Waals surface area contributed by atoms with Gasteiger partial charge >= 0.3 is 0 Å². The van der Waals surface area contributed by atoms with Crippen molar-refractivity contribution in [3.63, 3.8) is 0 Å². The van der Waals surface area contributed by atoms with E-state index in [0.29, 0.717) is 24.4 Å². The van der Waals surface area contributed by atoms with E-state index in [1.165, 1.54) is 0 Å². The number of nitrogens with one attached hydrogen (secondary N) is 1. The zero-order valence-electron chi connectivity index (χ0n) is 10.9. The fourth-order valence-corrected chi connectivity index (χ4v) is 1.51. The predicted octanol–water partition coefficient (Wildman–Crippen LogP) is 2.21. The Labute approximate surface area is 109 Å². The van der Waals surface area contributed by atoms with Gasteiger partial charge in [-0.05, 0) is 31.0 Å². The lowest BCUT2D eigenvalue weighted by molar-refractivity contribution is 0.0940. The first-order chi connectivity index (χ1) is 8.74. The molecule has 1 amide bonds. The largest absolute Gasteiger partial charge is 0.399 e. The standard InChI is InChI=1S/C14H22N2O2/c1-2-3-9-18-10-5-8-16-14(17)12-6-4-7-13(15)11-12/h4,6-7,11H,2-3,5,8-10,15H2,1H3,(H,16,17). The third kappa shape index (κ3) is 5.68. The van der Waals surface area contributed by atoms with Gasteiger partial charge in [-0.15, -0.1) is 0 Å². The zero-order valence-corrected chi connectivity index (χ0v) is 10.9. The molecule has 0 fully saturated rings. The van der Waals surface area contributed by atoms with Crippen LogP contribution >= 0.6 is 0 Å². The summed E-state index contributed by atoms with van der Waals surface area (Å²) in [5, 5.41) is 2.84. The first-order valence-electron chi connectivity index (χ1n) is 6.45. The monoisotopic (exact) mass is 250 g/mol. The average Bonchev–Trinajstić information content (AvgIpc) is 2.37. The summed E-state index contributed by atoms with van der Waals surface area (Å²) in [6, 6.07) is 6.97. The van der Waals surface area contributed by atoms with Gasteiger partial charge in [0, 0.05) is 31.0 Å². The summed E-state index contributed by atoms with van der Waals surface area (Å²) in [5.74, 6) is -0.0872. The van der Waals surface area contributed by atoms with Crippen LogP contribution in [-0.2, 0) is 4.74 Å². The van der Waals surface area contributed by atoms with Crippen molar-refractivity contribution in [2.75, 3.05) is 25.5 Å². The maximum Gasteiger partial charge on any atom is 0.251 e. The first kappa shape index (κ1) is 14.5. The summed E-state index contributed by atoms with van der Waals surface area (Å²) in [7, 11) is 0. The minimum atomic E-state index is -0.0872. The number of unbranched alkanes of at least 4 members (excludes halogenated alkanes) is 1. The molecule has 1 aromatic rings. The Hall–Kier alpha value is -1.55. The smallest absolute Gasteiger partial charge is 0.251 e. The minimum absolute atomic E-state index is 0.0872. The van der Waals surface area contributed by atoms with Crippen LogP contribution in [0.15, 0.2) is 24.3 Å². The molecule has 0 bridgehead atoms. The summed E-state index contributed by atoms with van der Waals surface area (Å²) >= 11 is 0. The molecule has 0 unspecified atom stereocenters. The van der Waals surface area contributed by atoms with Gasteiger partial charge in [0.15, 0.2) is 0 Å². The Balaban J connectivity index is 2.14. The van der Waals surface area contributed by atoms with Crippen LogP contribution in [-0.4, -0.2) is 25.7 Å². The third-order valence-electron chi connectivity index (χ3n) is 2.54. The highest BCUT2D eigenvalue weighted by Crippen LogP contribution is 2.05. The van der Waals surface area contributed by atoms with Crippen LogP contribution in [0, 0.1) is 0 Å². The van der Waals surface area contributed by atoms with Gasteiger partial charge in [-0.3, -0.25) is 4.79 Å². The Kier molecular flexibility index (Phi) is 6.87. The molecule has 18 heavy (non-hydrogen) atoms. The molecule has 0 heterocycles. The molecule has 0 aliphatic rings. The average molecular weight is 250 g/mol. The number of nitrogen functional groups attached to an aromatic ring is 1. The molecule has 0 radical (unpaired) electrons. The summed E-state index contributed by atoms with van der Waals surface area (Å²) in [4.78, 5) is 11.7. The van der Waals surface area contributed by atoms with Gasteiger partial charge < -0.3 is 15.8 Å². The van der Waals surface area contributed by atoms with Crippen LogP contribution in [0.5, 0.6) is 0 Å². The Bertz CT molecular complexity index is 367. The number of carbonyl (C=O) groups excluding carboxylic acids is 1. The molecule has 1 rings (SSSR count). The number of hydrogen-bond donors (Lipinski definition) is 2. The number of nitrogens with two attached hydrogens (primary N) is 1. The van der Waals surface area contributed by atoms with Gasteiger partial charge in [-0.2, -0.15) is 0 Å². The number of carbonyl (C=O) groups is 1. The van der Waals surface area contributed by atoms with Crippen molar-refractivity contribution in [1.29, 1.82) is 0 Å². The second kappa shape index (κ2) is 8.53. The van der Waals surface area contributed by atoms with E-state index >= 15 is 0 Å². The molecule has 4 nitrogen and oxygen atoms in total. The van der Waals surface area contributed by atoms with E-state index in [1.807, 2.05) is 0 Å². The number of rotatable bonds is 8. The van der Waals surface area contributed by atoms with E-state index in [4.69, 9.17) is 10.5 Å². The lowest BCUT2D eigenvalue weighted by Crippen LogP contribution is -2.25. The molecule has 0 saturated carbocycles. The van der Waals surface area contributed by atoms with Crippen LogP contribution < -0.4 is 11.1 Å². The number of anilines is 1. The number of ether oxygens (including phenoxy) is 1. The fourth-order valence-electron chi connectivity index (χ4n) is 1.51. The lowest BCUT2D eigenvalue weighted by atomic mass is 10.2. The zero-order chi connectivity index (χ0) is 13.2. The number of hydrogen-bond acceptors (Lipinski definition) is 3. The van der Waals surface area contributed by atoms with E-state index < -0.39 is 0 Å². The molecule has 1 aromatic carbocycles. The van der Waals surface area contributed by atoms with E-state index in [9.17, 15) is 4.79 Å². The summed E-state index contributed by atoms with van der Waals surface area (Å²) < 4.78 is 5.41. The fraction of sp³-hybridized carbons (Fsp3) is 0.500. The van der Waals surface area contributed by atoms with Gasteiger partial charge in [0.25, 0.3) is 5.91 Å². The molecule has 0 atom stereocenters. The second-order valence-electron chi connectivity index (χ2n) is 4.20. The number of amides is 1. The predicted molar refractivity (Wildman–Crippen MR) is 73.5 cm³/mol. The maximum atomic E-state index is 11.7. The molecular formula is C14H22N2O2. The molecule has 4 heteroatoms. The molecule has 100 valence electrons. The van der Waals surface area contributed by atoms with Crippen molar-refractivity contribution >= 4 is 11.6 Å². The highest BCUT2D eigenvalue weighted by atomic mass is 16.5. The quantitative estimate of drug-likeness (QED) is 0.549. The van der Waals surface area contributed by atoms with E-state index in [0.717, 1.165) is 25.9 Å². The van der Waals surface area contributed by atoms with Gasteiger partial charge in [0.2, 0.25) is 0 Å². The molecule has 0 aromatic heterocycles. The van der Waals surface area contributed by atoms with Gasteiger partial charge in [-0.1, -0.05) is 19.4 Å². The highest BCUT2D eigenvalue weighted by molar-refractivity contribution is 5.94. The summed E-state index contributed by atoms with van der Waals surface area (Å²) in [6.45, 7) is 4.26. The van der Waals surface area contributed by atoms with E-state index in [2.05, 4.69) is 12.2 Å². The van der Waals surface area contributed by atoms with Crippen LogP contribution in [0.1, 0.15) is 36.5 Å². The molecular weight excluding hydrogens is 228 g/mol. The maximum absolute atomic E-state index is 11.7. The van der Waals surface area contributed by atoms with E-state index in [1.54, 1.807) is 24.3 Å². The summed E-state index contributed by atoms with van der Waals surface area (Å²) in [6.07, 6.45) is 3.07. The second-order valence-corrected chi connectivity index (χ2v) is 4.20. The van der Waals surface area contributed by atoms with Crippen LogP contribution in [0.3, 0.4) is 0 Å². The Morgan fingerprint density at radius 1 is 1.33 bits per heavy atom. The van der Waals surface area contributed by atoms with Crippen molar-refractivity contribution < 1.29 is 9.53 Å². The minimum Gasteiger partial charge on any atom is -0.399 e.